The van der Waals surface area contributed by atoms with Crippen molar-refractivity contribution in [3.05, 3.63) is 95.6 Å². The van der Waals surface area contributed by atoms with E-state index in [-0.39, 0.29) is 17.7 Å². The van der Waals surface area contributed by atoms with Gasteiger partial charge in [0.05, 0.1) is 0 Å². The van der Waals surface area contributed by atoms with Crippen LogP contribution in [0, 0.1) is 12.8 Å². The van der Waals surface area contributed by atoms with Crippen LogP contribution in [0.1, 0.15) is 36.0 Å². The van der Waals surface area contributed by atoms with Gasteiger partial charge in [-0.3, -0.25) is 14.5 Å². The Kier molecular flexibility index (Phi) is 4.97. The molecule has 2 heterocycles. The van der Waals surface area contributed by atoms with Gasteiger partial charge in [0, 0.05) is 24.6 Å². The molecule has 3 aromatic rings. The van der Waals surface area contributed by atoms with Crippen LogP contribution in [0.4, 0.5) is 5.69 Å². The number of carbonyl (C=O) groups is 2. The average Bonchev–Trinajstić information content (AvgIpc) is 2.79. The van der Waals surface area contributed by atoms with Gasteiger partial charge in [-0.1, -0.05) is 66.2 Å². The Hall–Kier alpha value is -3.60. The Morgan fingerprint density at radius 3 is 2.47 bits per heavy atom. The molecule has 2 amide bonds. The number of nitrogens with one attached hydrogen (secondary N) is 1. The number of likely N-dealkylation sites (tertiary alicyclic amines) is 1. The van der Waals surface area contributed by atoms with E-state index in [1.54, 1.807) is 4.90 Å². The minimum atomic E-state index is -0.821. The lowest BCUT2D eigenvalue weighted by molar-refractivity contribution is -0.177. The van der Waals surface area contributed by atoms with Gasteiger partial charge in [-0.15, -0.1) is 0 Å². The lowest BCUT2D eigenvalue weighted by Gasteiger charge is -2.52. The molecule has 5 nitrogen and oxygen atoms in total. The highest BCUT2D eigenvalue weighted by molar-refractivity contribution is 6.08. The van der Waals surface area contributed by atoms with Gasteiger partial charge in [0.2, 0.25) is 11.8 Å². The van der Waals surface area contributed by atoms with E-state index >= 15 is 0 Å². The van der Waals surface area contributed by atoms with Gasteiger partial charge < -0.3 is 10.1 Å². The Morgan fingerprint density at radius 2 is 1.72 bits per heavy atom. The number of carbonyl (C=O) groups excluding carboxylic acids is 2. The van der Waals surface area contributed by atoms with E-state index in [0.717, 1.165) is 22.4 Å². The molecule has 1 saturated heterocycles. The number of hydrogen-bond acceptors (Lipinski definition) is 3. The fourth-order valence-electron chi connectivity index (χ4n) is 4.88. The van der Waals surface area contributed by atoms with Crippen LogP contribution in [0.5, 0.6) is 5.75 Å². The molecule has 3 atom stereocenters. The third-order valence-corrected chi connectivity index (χ3v) is 6.54. The Balaban J connectivity index is 1.53. The zero-order valence-electron chi connectivity index (χ0n) is 18.2. The maximum absolute atomic E-state index is 13.8. The average molecular weight is 427 g/mol. The molecule has 32 heavy (non-hydrogen) atoms. The van der Waals surface area contributed by atoms with Crippen LogP contribution in [-0.4, -0.2) is 22.4 Å². The number of piperidine rings is 1. The summed E-state index contributed by atoms with van der Waals surface area (Å²) < 4.78 is 6.38. The van der Waals surface area contributed by atoms with Crippen molar-refractivity contribution in [2.45, 2.75) is 38.5 Å². The normalized spacial score (nSPS) is 23.8. The molecule has 5 heteroatoms. The molecule has 5 rings (SSSR count). The van der Waals surface area contributed by atoms with E-state index in [1.165, 1.54) is 0 Å². The smallest absolute Gasteiger partial charge is 0.239 e. The first-order valence-corrected chi connectivity index (χ1v) is 11.0. The predicted molar refractivity (Wildman–Crippen MR) is 123 cm³/mol. The highest BCUT2D eigenvalue weighted by Gasteiger charge is 2.56. The van der Waals surface area contributed by atoms with Crippen LogP contribution >= 0.6 is 0 Å². The van der Waals surface area contributed by atoms with Crippen molar-refractivity contribution in [2.24, 2.45) is 5.92 Å². The van der Waals surface area contributed by atoms with E-state index < -0.39 is 11.6 Å². The number of aryl methyl sites for hydroxylation is 1. The van der Waals surface area contributed by atoms with Gasteiger partial charge in [0.15, 0.2) is 5.72 Å². The Morgan fingerprint density at radius 1 is 1.03 bits per heavy atom. The number of fused-ring (bicyclic) bond motifs is 4. The number of hydrogen-bond donors (Lipinski definition) is 1. The number of ether oxygens (including phenoxy) is 1. The van der Waals surface area contributed by atoms with Crippen LogP contribution in [0.3, 0.4) is 0 Å². The summed E-state index contributed by atoms with van der Waals surface area (Å²) in [5.41, 5.74) is 2.91. The monoisotopic (exact) mass is 426 g/mol. The van der Waals surface area contributed by atoms with Crippen molar-refractivity contribution >= 4 is 17.5 Å². The molecule has 0 unspecified atom stereocenters. The summed E-state index contributed by atoms with van der Waals surface area (Å²) in [7, 11) is 0. The third kappa shape index (κ3) is 3.54. The highest BCUT2D eigenvalue weighted by Crippen LogP contribution is 2.50. The summed E-state index contributed by atoms with van der Waals surface area (Å²) in [4.78, 5) is 29.0. The zero-order chi connectivity index (χ0) is 22.3. The van der Waals surface area contributed by atoms with Gasteiger partial charge >= 0.3 is 0 Å². The molecule has 3 aromatic carbocycles. The molecule has 2 aliphatic heterocycles. The Bertz CT molecular complexity index is 1160. The van der Waals surface area contributed by atoms with Crippen LogP contribution in [-0.2, 0) is 16.1 Å². The van der Waals surface area contributed by atoms with Crippen molar-refractivity contribution in [1.82, 2.24) is 4.90 Å². The van der Waals surface area contributed by atoms with Crippen molar-refractivity contribution in [3.8, 4) is 5.75 Å². The number of rotatable bonds is 4. The third-order valence-electron chi connectivity index (χ3n) is 6.54. The molecule has 0 aromatic heterocycles. The number of para-hydroxylation sites is 1. The summed E-state index contributed by atoms with van der Waals surface area (Å²) in [5, 5.41) is 2.97. The lowest BCUT2D eigenvalue weighted by atomic mass is 9.73. The first-order valence-electron chi connectivity index (χ1n) is 11.0. The molecule has 0 radical (unpaired) electrons. The topological polar surface area (TPSA) is 58.6 Å². The van der Waals surface area contributed by atoms with E-state index in [4.69, 9.17) is 4.74 Å². The van der Waals surface area contributed by atoms with Gasteiger partial charge in [-0.2, -0.15) is 0 Å². The second-order valence-electron chi connectivity index (χ2n) is 8.87. The number of amides is 2. The van der Waals surface area contributed by atoms with Crippen LogP contribution in [0.25, 0.3) is 0 Å². The van der Waals surface area contributed by atoms with Crippen LogP contribution in [0.2, 0.25) is 0 Å². The van der Waals surface area contributed by atoms with Gasteiger partial charge in [0.1, 0.15) is 11.7 Å². The van der Waals surface area contributed by atoms with Crippen molar-refractivity contribution in [1.29, 1.82) is 0 Å². The molecule has 2 aliphatic rings. The maximum Gasteiger partial charge on any atom is 0.239 e. The van der Waals surface area contributed by atoms with Crippen LogP contribution in [0.15, 0.2) is 78.9 Å². The van der Waals surface area contributed by atoms with E-state index in [1.807, 2.05) is 92.7 Å². The minimum absolute atomic E-state index is 0.202. The number of benzene rings is 3. The molecule has 2 bridgehead atoms. The van der Waals surface area contributed by atoms with Crippen molar-refractivity contribution in [3.63, 3.8) is 0 Å². The summed E-state index contributed by atoms with van der Waals surface area (Å²) in [6.07, 6.45) is 0.564. The highest BCUT2D eigenvalue weighted by atomic mass is 16.5. The Labute approximate surface area is 188 Å². The second-order valence-corrected chi connectivity index (χ2v) is 8.87. The van der Waals surface area contributed by atoms with E-state index in [0.29, 0.717) is 18.7 Å². The predicted octanol–water partition coefficient (Wildman–Crippen LogP) is 4.87. The SMILES string of the molecule is Cc1ccc(NC(=O)[C@H]2C(=O)N(Cc3ccccc3)[C@@]3(C)C[C@@H]2c2ccccc2O3)cc1. The maximum atomic E-state index is 13.8. The second kappa shape index (κ2) is 7.83. The fraction of sp³-hybridized carbons (Fsp3) is 0.259. The minimum Gasteiger partial charge on any atom is -0.468 e. The fourth-order valence-corrected chi connectivity index (χ4v) is 4.88. The summed E-state index contributed by atoms with van der Waals surface area (Å²) >= 11 is 0. The lowest BCUT2D eigenvalue weighted by Crippen LogP contribution is -2.63. The van der Waals surface area contributed by atoms with Gasteiger partial charge in [-0.05, 0) is 43.2 Å². The van der Waals surface area contributed by atoms with Gasteiger partial charge in [-0.25, -0.2) is 0 Å². The molecule has 162 valence electrons. The molecule has 1 fully saturated rings. The first-order chi connectivity index (χ1) is 15.4. The van der Waals surface area contributed by atoms with Crippen molar-refractivity contribution < 1.29 is 14.3 Å². The zero-order valence-corrected chi connectivity index (χ0v) is 18.2. The summed E-state index contributed by atoms with van der Waals surface area (Å²) in [5.74, 6) is -0.801. The number of anilines is 1. The van der Waals surface area contributed by atoms with E-state index in [2.05, 4.69) is 5.32 Å². The largest absolute Gasteiger partial charge is 0.468 e. The number of nitrogens with zero attached hydrogens (tertiary/aromatic N) is 1. The molecular weight excluding hydrogens is 400 g/mol. The van der Waals surface area contributed by atoms with Gasteiger partial charge in [0.25, 0.3) is 0 Å². The molecule has 0 saturated carbocycles. The summed E-state index contributed by atoms with van der Waals surface area (Å²) in [6.45, 7) is 4.34. The summed E-state index contributed by atoms with van der Waals surface area (Å²) in [6, 6.07) is 25.2. The van der Waals surface area contributed by atoms with E-state index in [9.17, 15) is 9.59 Å². The van der Waals surface area contributed by atoms with Crippen LogP contribution < -0.4 is 10.1 Å². The first kappa shape index (κ1) is 20.3. The molecule has 1 N–H and O–H groups in total. The molecular formula is C27H26N2O3. The quantitative estimate of drug-likeness (QED) is 0.605. The molecule has 0 aliphatic carbocycles. The standard InChI is InChI=1S/C27H26N2O3/c1-18-12-14-20(15-13-18)28-25(30)24-22-16-27(2,32-23-11-7-6-10-21(22)23)29(26(24)31)17-19-8-4-3-5-9-19/h3-15,22,24H,16-17H2,1-2H3,(H,28,30)/t22-,24+,27-/m1/s1. The van der Waals surface area contributed by atoms with Crippen molar-refractivity contribution in [2.75, 3.05) is 5.32 Å². The molecule has 0 spiro atoms.